The molecule has 1 heterocycles. The number of oxime groups is 1. The van der Waals surface area contributed by atoms with Crippen molar-refractivity contribution in [2.45, 2.75) is 26.1 Å². The predicted molar refractivity (Wildman–Crippen MR) is 62.0 cm³/mol. The highest BCUT2D eigenvalue weighted by Gasteiger charge is 2.31. The van der Waals surface area contributed by atoms with E-state index in [9.17, 15) is 10.1 Å². The number of aromatic nitrogens is 2. The summed E-state index contributed by atoms with van der Waals surface area (Å²) < 4.78 is 8.72. The molecule has 108 valence electrons. The molecule has 0 fully saturated rings. The van der Waals surface area contributed by atoms with Crippen LogP contribution < -0.4 is 17.0 Å². The first-order chi connectivity index (χ1) is 8.38. The second-order valence-corrected chi connectivity index (χ2v) is 4.53. The Labute approximate surface area is 116 Å². The van der Waals surface area contributed by atoms with Crippen LogP contribution in [0.15, 0.2) is 17.5 Å². The van der Waals surface area contributed by atoms with E-state index < -0.39 is 5.54 Å². The van der Waals surface area contributed by atoms with Gasteiger partial charge in [-0.2, -0.15) is 0 Å². The fraction of sp³-hybridized carbons (Fsp3) is 0.600. The van der Waals surface area contributed by atoms with Gasteiger partial charge in [0.25, 0.3) is 0 Å². The van der Waals surface area contributed by atoms with Gasteiger partial charge in [0.2, 0.25) is 5.54 Å². The third-order valence-electron chi connectivity index (χ3n) is 2.48. The van der Waals surface area contributed by atoms with E-state index in [0.29, 0.717) is 5.82 Å². The van der Waals surface area contributed by atoms with Crippen LogP contribution in [-0.4, -0.2) is 33.1 Å². The van der Waals surface area contributed by atoms with Crippen LogP contribution in [0.4, 0.5) is 0 Å². The second-order valence-electron chi connectivity index (χ2n) is 4.53. The molecule has 0 saturated heterocycles. The fourth-order valence-electron chi connectivity index (χ4n) is 1.31. The number of nitro groups is 1. The van der Waals surface area contributed by atoms with Gasteiger partial charge in [-0.15, -0.1) is 0 Å². The Morgan fingerprint density at radius 2 is 2.32 bits per heavy atom. The zero-order chi connectivity index (χ0) is 13.8. The van der Waals surface area contributed by atoms with Gasteiger partial charge >= 0.3 is 5.82 Å². The quantitative estimate of drug-likeness (QED) is 0.201. The van der Waals surface area contributed by atoms with Crippen LogP contribution in [0, 0.1) is 10.1 Å². The lowest BCUT2D eigenvalue weighted by molar-refractivity contribution is -0.672. The van der Waals surface area contributed by atoms with Gasteiger partial charge < -0.3 is 22.4 Å². The first-order valence-electron chi connectivity index (χ1n) is 5.33. The first kappa shape index (κ1) is 17.3. The Hall–Kier alpha value is -1.67. The maximum absolute atomic E-state index is 10.7. The van der Waals surface area contributed by atoms with Crippen molar-refractivity contribution in [2.75, 3.05) is 6.61 Å². The zero-order valence-electron chi connectivity index (χ0n) is 11.0. The van der Waals surface area contributed by atoms with E-state index in [1.165, 1.54) is 20.1 Å². The van der Waals surface area contributed by atoms with Crippen LogP contribution in [0.2, 0.25) is 0 Å². The number of ether oxygens (including phenoxy) is 1. The average molecular weight is 293 g/mol. The largest absolute Gasteiger partial charge is 1.00 e. The SMILES string of the molecule is C[n+]1ccn(COCC(C)(C)[N+](=O)[O-])c1/C=N/O.[Cl-]. The number of hydrogen-bond acceptors (Lipinski definition) is 5. The van der Waals surface area contributed by atoms with E-state index in [2.05, 4.69) is 5.16 Å². The van der Waals surface area contributed by atoms with Crippen molar-refractivity contribution in [3.8, 4) is 0 Å². The maximum atomic E-state index is 10.7. The third-order valence-corrected chi connectivity index (χ3v) is 2.48. The minimum atomic E-state index is -1.12. The monoisotopic (exact) mass is 292 g/mol. The van der Waals surface area contributed by atoms with E-state index in [1.807, 2.05) is 0 Å². The molecule has 0 aliphatic carbocycles. The minimum absolute atomic E-state index is 0. The molecule has 19 heavy (non-hydrogen) atoms. The Morgan fingerprint density at radius 3 is 2.84 bits per heavy atom. The van der Waals surface area contributed by atoms with Crippen molar-refractivity contribution in [3.63, 3.8) is 0 Å². The summed E-state index contributed by atoms with van der Waals surface area (Å²) in [6.07, 6.45) is 4.76. The molecule has 0 unspecified atom stereocenters. The van der Waals surface area contributed by atoms with Crippen LogP contribution in [0.1, 0.15) is 19.7 Å². The van der Waals surface area contributed by atoms with Gasteiger partial charge in [0.1, 0.15) is 19.0 Å². The molecular weight excluding hydrogens is 276 g/mol. The molecule has 9 heteroatoms. The van der Waals surface area contributed by atoms with Gasteiger partial charge in [0.05, 0.1) is 7.05 Å². The summed E-state index contributed by atoms with van der Waals surface area (Å²) in [5.74, 6) is 0.622. The number of hydrogen-bond donors (Lipinski definition) is 1. The standard InChI is InChI=1S/C10H16N4O4.ClH/c1-10(2,14(16)17)7-18-8-13-5-4-12(3)9(13)6-11-15;/h4-6H,7-8H2,1-3H3;1H. The molecule has 0 atom stereocenters. The van der Waals surface area contributed by atoms with Gasteiger partial charge in [0.15, 0.2) is 12.9 Å². The number of imidazole rings is 1. The third kappa shape index (κ3) is 4.49. The average Bonchev–Trinajstić information content (AvgIpc) is 2.61. The Balaban J connectivity index is 0.00000324. The Bertz CT molecular complexity index is 458. The highest BCUT2D eigenvalue weighted by molar-refractivity contribution is 5.72. The first-order valence-corrected chi connectivity index (χ1v) is 5.33. The van der Waals surface area contributed by atoms with E-state index in [4.69, 9.17) is 9.94 Å². The van der Waals surface area contributed by atoms with Crippen LogP contribution in [-0.2, 0) is 18.5 Å². The zero-order valence-corrected chi connectivity index (χ0v) is 11.7. The van der Waals surface area contributed by atoms with Gasteiger partial charge in [-0.3, -0.25) is 10.1 Å². The maximum Gasteiger partial charge on any atom is 0.305 e. The summed E-state index contributed by atoms with van der Waals surface area (Å²) in [6.45, 7) is 3.15. The van der Waals surface area contributed by atoms with Crippen molar-refractivity contribution in [3.05, 3.63) is 28.3 Å². The number of aryl methyl sites for hydroxylation is 1. The summed E-state index contributed by atoms with van der Waals surface area (Å²) >= 11 is 0. The lowest BCUT2D eigenvalue weighted by Gasteiger charge is -2.14. The lowest BCUT2D eigenvalue weighted by Crippen LogP contribution is -3.00. The summed E-state index contributed by atoms with van der Waals surface area (Å²) in [4.78, 5) is 10.3. The molecule has 0 saturated carbocycles. The normalized spacial score (nSPS) is 11.5. The van der Waals surface area contributed by atoms with Gasteiger partial charge in [-0.1, -0.05) is 5.16 Å². The predicted octanol–water partition coefficient (Wildman–Crippen LogP) is -2.85. The fourth-order valence-corrected chi connectivity index (χ4v) is 1.31. The van der Waals surface area contributed by atoms with E-state index >= 15 is 0 Å². The molecule has 0 aliphatic rings. The molecule has 0 spiro atoms. The molecule has 0 aliphatic heterocycles. The van der Waals surface area contributed by atoms with Crippen LogP contribution in [0.3, 0.4) is 0 Å². The molecule has 1 N–H and O–H groups in total. The topological polar surface area (TPSA) is 93.8 Å². The van der Waals surface area contributed by atoms with Crippen LogP contribution in [0.5, 0.6) is 0 Å². The molecule has 0 radical (unpaired) electrons. The van der Waals surface area contributed by atoms with Crippen molar-refractivity contribution >= 4 is 6.21 Å². The van der Waals surface area contributed by atoms with E-state index in [-0.39, 0.29) is 30.7 Å². The highest BCUT2D eigenvalue weighted by atomic mass is 35.5. The van der Waals surface area contributed by atoms with Gasteiger partial charge in [0, 0.05) is 18.8 Å². The molecule has 0 bridgehead atoms. The summed E-state index contributed by atoms with van der Waals surface area (Å²) in [5, 5.41) is 22.2. The molecule has 1 rings (SSSR count). The molecule has 0 aromatic carbocycles. The molecule has 1 aromatic heterocycles. The molecule has 1 aromatic rings. The smallest absolute Gasteiger partial charge is 0.305 e. The van der Waals surface area contributed by atoms with Crippen molar-refractivity contribution < 1.29 is 31.8 Å². The number of halogens is 1. The van der Waals surface area contributed by atoms with Crippen molar-refractivity contribution in [1.29, 1.82) is 0 Å². The van der Waals surface area contributed by atoms with Gasteiger partial charge in [-0.25, -0.2) is 9.13 Å². The Morgan fingerprint density at radius 1 is 1.68 bits per heavy atom. The number of rotatable bonds is 6. The lowest BCUT2D eigenvalue weighted by atomic mass is 10.1. The second kappa shape index (κ2) is 7.05. The molecule has 8 nitrogen and oxygen atoms in total. The summed E-state index contributed by atoms with van der Waals surface area (Å²) in [6, 6.07) is 0. The van der Waals surface area contributed by atoms with Crippen molar-refractivity contribution in [1.82, 2.24) is 4.57 Å². The van der Waals surface area contributed by atoms with Crippen LogP contribution in [0.25, 0.3) is 0 Å². The van der Waals surface area contributed by atoms with Gasteiger partial charge in [-0.05, 0) is 0 Å². The Kier molecular flexibility index (Phi) is 6.43. The summed E-state index contributed by atoms with van der Waals surface area (Å²) in [5.41, 5.74) is -1.12. The van der Waals surface area contributed by atoms with Crippen molar-refractivity contribution in [2.24, 2.45) is 12.2 Å². The summed E-state index contributed by atoms with van der Waals surface area (Å²) in [7, 11) is 1.79. The molecular formula is C10H17ClN4O4. The minimum Gasteiger partial charge on any atom is -1.00 e. The molecule has 0 amide bonds. The van der Waals surface area contributed by atoms with Crippen LogP contribution >= 0.6 is 0 Å². The number of nitrogens with zero attached hydrogens (tertiary/aromatic N) is 4. The van der Waals surface area contributed by atoms with E-state index in [1.54, 1.807) is 28.6 Å². The van der Waals surface area contributed by atoms with E-state index in [0.717, 1.165) is 0 Å². The highest BCUT2D eigenvalue weighted by Crippen LogP contribution is 2.08.